The topological polar surface area (TPSA) is 116 Å². The van der Waals surface area contributed by atoms with E-state index in [4.69, 9.17) is 9.84 Å². The van der Waals surface area contributed by atoms with E-state index in [2.05, 4.69) is 5.32 Å². The van der Waals surface area contributed by atoms with Crippen LogP contribution in [0.3, 0.4) is 0 Å². The van der Waals surface area contributed by atoms with E-state index in [1.807, 2.05) is 26.8 Å². The molecule has 0 radical (unpaired) electrons. The number of aromatic carboxylic acids is 1. The van der Waals surface area contributed by atoms with Crippen molar-refractivity contribution in [2.75, 3.05) is 31.5 Å². The second kappa shape index (κ2) is 11.4. The Labute approximate surface area is 206 Å². The van der Waals surface area contributed by atoms with Gasteiger partial charge in [0.15, 0.2) is 0 Å². The summed E-state index contributed by atoms with van der Waals surface area (Å²) in [6.45, 7) is 7.64. The quantitative estimate of drug-likeness (QED) is 0.614. The van der Waals surface area contributed by atoms with Gasteiger partial charge in [-0.3, -0.25) is 9.59 Å². The number of hydrogen-bond acceptors (Lipinski definition) is 5. The minimum absolute atomic E-state index is 0.102. The predicted molar refractivity (Wildman–Crippen MR) is 131 cm³/mol. The molecule has 2 aliphatic rings. The lowest BCUT2D eigenvalue weighted by Crippen LogP contribution is -2.43. The van der Waals surface area contributed by atoms with E-state index < -0.39 is 11.6 Å². The molecule has 9 nitrogen and oxygen atoms in total. The molecule has 9 heteroatoms. The molecule has 2 N–H and O–H groups in total. The van der Waals surface area contributed by atoms with Crippen molar-refractivity contribution >= 4 is 29.6 Å². The number of nitrogens with one attached hydrogen (secondary N) is 1. The summed E-state index contributed by atoms with van der Waals surface area (Å²) < 4.78 is 5.42. The van der Waals surface area contributed by atoms with Gasteiger partial charge in [-0.25, -0.2) is 9.59 Å². The fraction of sp³-hybridized carbons (Fsp3) is 0.538. The van der Waals surface area contributed by atoms with Crippen molar-refractivity contribution in [2.24, 2.45) is 11.8 Å². The van der Waals surface area contributed by atoms with Crippen LogP contribution in [0.25, 0.3) is 0 Å². The van der Waals surface area contributed by atoms with Gasteiger partial charge in [0, 0.05) is 31.9 Å². The second-order valence-corrected chi connectivity index (χ2v) is 10.2. The van der Waals surface area contributed by atoms with E-state index >= 15 is 0 Å². The Balaban J connectivity index is 1.48. The Morgan fingerprint density at radius 2 is 1.77 bits per heavy atom. The molecule has 1 unspecified atom stereocenters. The minimum atomic E-state index is -1.06. The lowest BCUT2D eigenvalue weighted by Gasteiger charge is -2.33. The monoisotopic (exact) mass is 485 g/mol. The van der Waals surface area contributed by atoms with Gasteiger partial charge in [-0.15, -0.1) is 0 Å². The minimum Gasteiger partial charge on any atom is -0.478 e. The highest BCUT2D eigenvalue weighted by Gasteiger charge is 2.29. The van der Waals surface area contributed by atoms with Crippen molar-refractivity contribution in [1.29, 1.82) is 0 Å². The third kappa shape index (κ3) is 7.83. The summed E-state index contributed by atoms with van der Waals surface area (Å²) in [5, 5.41) is 11.9. The summed E-state index contributed by atoms with van der Waals surface area (Å²) in [7, 11) is 0. The first kappa shape index (κ1) is 26.2. The Hall–Kier alpha value is -3.36. The van der Waals surface area contributed by atoms with Crippen molar-refractivity contribution in [3.05, 3.63) is 42.0 Å². The molecular weight excluding hydrogens is 450 g/mol. The van der Waals surface area contributed by atoms with Crippen LogP contribution in [-0.2, 0) is 14.3 Å². The maximum atomic E-state index is 12.8. The zero-order chi connectivity index (χ0) is 25.6. The van der Waals surface area contributed by atoms with Crippen LogP contribution in [0.2, 0.25) is 0 Å². The summed E-state index contributed by atoms with van der Waals surface area (Å²) in [5.41, 5.74) is 0.00711. The SMILES string of the molecule is CC(C)(C)OC(=O)N1CCC(C=CC(=O)N2CCCC(C(=O)Nc3cccc(C(=O)O)c3)C2)CC1. The Morgan fingerprint density at radius 3 is 2.43 bits per heavy atom. The summed E-state index contributed by atoms with van der Waals surface area (Å²) >= 11 is 0. The molecule has 190 valence electrons. The van der Waals surface area contributed by atoms with E-state index in [-0.39, 0.29) is 35.3 Å². The number of carbonyl (C=O) groups excluding carboxylic acids is 3. The van der Waals surface area contributed by atoms with Gasteiger partial charge in [0.1, 0.15) is 5.60 Å². The van der Waals surface area contributed by atoms with Crippen LogP contribution < -0.4 is 5.32 Å². The molecule has 3 rings (SSSR count). The van der Waals surface area contributed by atoms with Crippen LogP contribution in [0.5, 0.6) is 0 Å². The van der Waals surface area contributed by atoms with Crippen molar-refractivity contribution in [3.63, 3.8) is 0 Å². The number of carboxylic acids is 1. The molecule has 2 heterocycles. The highest BCUT2D eigenvalue weighted by Crippen LogP contribution is 2.22. The molecule has 0 aliphatic carbocycles. The lowest BCUT2D eigenvalue weighted by atomic mass is 9.95. The van der Waals surface area contributed by atoms with Crippen molar-refractivity contribution in [1.82, 2.24) is 9.80 Å². The number of rotatable bonds is 5. The van der Waals surface area contributed by atoms with Crippen molar-refractivity contribution < 1.29 is 29.0 Å². The fourth-order valence-electron chi connectivity index (χ4n) is 4.29. The van der Waals surface area contributed by atoms with Crippen LogP contribution in [-0.4, -0.2) is 70.6 Å². The van der Waals surface area contributed by atoms with Gasteiger partial charge in [0.25, 0.3) is 0 Å². The van der Waals surface area contributed by atoms with Crippen molar-refractivity contribution in [3.8, 4) is 0 Å². The first-order valence-corrected chi connectivity index (χ1v) is 12.1. The smallest absolute Gasteiger partial charge is 0.410 e. The third-order valence-electron chi connectivity index (χ3n) is 6.18. The zero-order valence-corrected chi connectivity index (χ0v) is 20.7. The zero-order valence-electron chi connectivity index (χ0n) is 20.7. The molecule has 0 bridgehead atoms. The number of benzene rings is 1. The van der Waals surface area contributed by atoms with E-state index in [0.29, 0.717) is 38.3 Å². The predicted octanol–water partition coefficient (Wildman–Crippen LogP) is 3.77. The molecule has 35 heavy (non-hydrogen) atoms. The Morgan fingerprint density at radius 1 is 1.06 bits per heavy atom. The summed E-state index contributed by atoms with van der Waals surface area (Å²) in [4.78, 5) is 52.3. The molecule has 1 atom stereocenters. The fourth-order valence-corrected chi connectivity index (χ4v) is 4.29. The van der Waals surface area contributed by atoms with Crippen molar-refractivity contribution in [2.45, 2.75) is 52.1 Å². The summed E-state index contributed by atoms with van der Waals surface area (Å²) in [6.07, 6.45) is 6.12. The molecule has 1 aromatic carbocycles. The number of allylic oxidation sites excluding steroid dienone is 1. The molecule has 2 fully saturated rings. The number of carbonyl (C=O) groups is 4. The molecule has 0 aromatic heterocycles. The normalized spacial score (nSPS) is 19.5. The first-order valence-electron chi connectivity index (χ1n) is 12.1. The van der Waals surface area contributed by atoms with Gasteiger partial charge in [0.2, 0.25) is 11.8 Å². The molecule has 2 aliphatic heterocycles. The highest BCUT2D eigenvalue weighted by atomic mass is 16.6. The number of likely N-dealkylation sites (tertiary alicyclic amines) is 2. The molecule has 0 spiro atoms. The number of hydrogen-bond donors (Lipinski definition) is 2. The largest absolute Gasteiger partial charge is 0.478 e. The standard InChI is InChI=1S/C26H35N3O6/c1-26(2,3)35-25(34)28-14-11-18(12-15-28)9-10-22(30)29-13-5-7-20(17-29)23(31)27-21-8-4-6-19(16-21)24(32)33/h4,6,8-10,16,18,20H,5,7,11-15,17H2,1-3H3,(H,27,31)(H,32,33). The van der Waals surface area contributed by atoms with Crippen LogP contribution in [0, 0.1) is 11.8 Å². The average molecular weight is 486 g/mol. The van der Waals surface area contributed by atoms with Gasteiger partial charge >= 0.3 is 12.1 Å². The second-order valence-electron chi connectivity index (χ2n) is 10.2. The van der Waals surface area contributed by atoms with E-state index in [0.717, 1.165) is 19.3 Å². The molecule has 3 amide bonds. The van der Waals surface area contributed by atoms with Crippen LogP contribution in [0.4, 0.5) is 10.5 Å². The number of piperidine rings is 2. The summed E-state index contributed by atoms with van der Waals surface area (Å²) in [6, 6.07) is 6.11. The summed E-state index contributed by atoms with van der Waals surface area (Å²) in [5.74, 6) is -1.54. The number of anilines is 1. The van der Waals surface area contributed by atoms with Gasteiger partial charge in [-0.2, -0.15) is 0 Å². The molecular formula is C26H35N3O6. The van der Waals surface area contributed by atoms with E-state index in [9.17, 15) is 19.2 Å². The van der Waals surface area contributed by atoms with Gasteiger partial charge in [0.05, 0.1) is 11.5 Å². The maximum Gasteiger partial charge on any atom is 0.410 e. The Bertz CT molecular complexity index is 976. The van der Waals surface area contributed by atoms with Gasteiger partial charge in [-0.05, 0) is 76.6 Å². The van der Waals surface area contributed by atoms with Gasteiger partial charge < -0.3 is 25.0 Å². The molecule has 2 saturated heterocycles. The highest BCUT2D eigenvalue weighted by molar-refractivity contribution is 5.95. The molecule has 0 saturated carbocycles. The van der Waals surface area contributed by atoms with Gasteiger partial charge in [-0.1, -0.05) is 12.1 Å². The van der Waals surface area contributed by atoms with Crippen LogP contribution >= 0.6 is 0 Å². The number of carboxylic acid groups (broad SMARTS) is 1. The van der Waals surface area contributed by atoms with E-state index in [1.54, 1.807) is 28.0 Å². The lowest BCUT2D eigenvalue weighted by molar-refractivity contribution is -0.130. The Kier molecular flexibility index (Phi) is 8.53. The van der Waals surface area contributed by atoms with Crippen LogP contribution in [0.1, 0.15) is 56.8 Å². The number of ether oxygens (including phenoxy) is 1. The first-order chi connectivity index (χ1) is 16.5. The maximum absolute atomic E-state index is 12.8. The number of nitrogens with zero attached hydrogens (tertiary/aromatic N) is 2. The molecule has 1 aromatic rings. The van der Waals surface area contributed by atoms with E-state index in [1.165, 1.54) is 12.1 Å². The number of amides is 3. The average Bonchev–Trinajstić information content (AvgIpc) is 2.82. The third-order valence-corrected chi connectivity index (χ3v) is 6.18. The van der Waals surface area contributed by atoms with Crippen LogP contribution in [0.15, 0.2) is 36.4 Å².